The number of ether oxygens (including phenoxy) is 1. The first-order valence-corrected chi connectivity index (χ1v) is 11.7. The Kier molecular flexibility index (Phi) is 14.5. The maximum Gasteiger partial charge on any atom is 0.321 e. The van der Waals surface area contributed by atoms with Crippen LogP contribution in [0.5, 0.6) is 0 Å². The van der Waals surface area contributed by atoms with E-state index in [2.05, 4.69) is 18.8 Å². The van der Waals surface area contributed by atoms with Crippen LogP contribution in [0.15, 0.2) is 11.5 Å². The molecule has 3 heteroatoms. The van der Waals surface area contributed by atoms with Gasteiger partial charge in [0.05, 0.1) is 0 Å². The molecule has 3 nitrogen and oxygen atoms in total. The summed E-state index contributed by atoms with van der Waals surface area (Å²) in [7, 11) is 0. The molecule has 0 aliphatic carbocycles. The van der Waals surface area contributed by atoms with Crippen LogP contribution in [0.1, 0.15) is 123 Å². The van der Waals surface area contributed by atoms with Crippen LogP contribution in [0.2, 0.25) is 0 Å². The lowest BCUT2D eigenvalue weighted by Gasteiger charge is -2.06. The second-order valence-electron chi connectivity index (χ2n) is 8.15. The molecule has 0 aromatic rings. The average Bonchev–Trinajstić information content (AvgIpc) is 2.92. The Morgan fingerprint density at radius 3 is 1.71 bits per heavy atom. The van der Waals surface area contributed by atoms with Gasteiger partial charge in [-0.2, -0.15) is 0 Å². The van der Waals surface area contributed by atoms with Crippen LogP contribution in [-0.2, 0) is 9.53 Å². The van der Waals surface area contributed by atoms with Crippen LogP contribution in [0.3, 0.4) is 0 Å². The summed E-state index contributed by atoms with van der Waals surface area (Å²) >= 11 is 0. The van der Waals surface area contributed by atoms with Crippen molar-refractivity contribution >= 4 is 5.97 Å². The molecule has 160 valence electrons. The second-order valence-corrected chi connectivity index (χ2v) is 8.15. The van der Waals surface area contributed by atoms with Crippen molar-refractivity contribution < 1.29 is 14.6 Å². The summed E-state index contributed by atoms with van der Waals surface area (Å²) in [4.78, 5) is 11.6. The Labute approximate surface area is 173 Å². The summed E-state index contributed by atoms with van der Waals surface area (Å²) in [6, 6.07) is 0. The third kappa shape index (κ3) is 11.4. The van der Waals surface area contributed by atoms with E-state index < -0.39 is 5.92 Å². The molecule has 0 aromatic heterocycles. The predicted molar refractivity (Wildman–Crippen MR) is 117 cm³/mol. The first kappa shape index (κ1) is 24.6. The fourth-order valence-corrected chi connectivity index (χ4v) is 3.68. The molecule has 1 atom stereocenters. The molecule has 0 saturated heterocycles. The van der Waals surface area contributed by atoms with E-state index in [0.717, 1.165) is 25.7 Å². The fraction of sp³-hybridized carbons (Fsp3) is 0.800. The van der Waals surface area contributed by atoms with Gasteiger partial charge in [-0.15, -0.1) is 11.8 Å². The van der Waals surface area contributed by atoms with Gasteiger partial charge in [0, 0.05) is 12.8 Å². The van der Waals surface area contributed by atoms with E-state index in [1.54, 1.807) is 6.92 Å². The van der Waals surface area contributed by atoms with E-state index in [0.29, 0.717) is 12.2 Å². The number of aliphatic hydroxyl groups excluding tert-OH is 1. The van der Waals surface area contributed by atoms with Gasteiger partial charge in [-0.1, -0.05) is 84.0 Å². The third-order valence-corrected chi connectivity index (χ3v) is 5.55. The topological polar surface area (TPSA) is 46.5 Å². The minimum atomic E-state index is -0.415. The molecule has 1 N–H and O–H groups in total. The van der Waals surface area contributed by atoms with Crippen LogP contribution in [0, 0.1) is 17.8 Å². The van der Waals surface area contributed by atoms with Gasteiger partial charge in [0.2, 0.25) is 0 Å². The van der Waals surface area contributed by atoms with Crippen LogP contribution in [0.4, 0.5) is 0 Å². The maximum absolute atomic E-state index is 11.6. The summed E-state index contributed by atoms with van der Waals surface area (Å²) in [5.41, 5.74) is 0. The lowest BCUT2D eigenvalue weighted by molar-refractivity contribution is -0.140. The van der Waals surface area contributed by atoms with E-state index in [1.807, 2.05) is 0 Å². The lowest BCUT2D eigenvalue weighted by Crippen LogP contribution is -2.11. The van der Waals surface area contributed by atoms with Gasteiger partial charge in [-0.25, -0.2) is 0 Å². The third-order valence-electron chi connectivity index (χ3n) is 5.55. The molecule has 1 aliphatic rings. The van der Waals surface area contributed by atoms with Gasteiger partial charge < -0.3 is 9.84 Å². The highest BCUT2D eigenvalue weighted by Crippen LogP contribution is 2.28. The largest absolute Gasteiger partial charge is 0.508 e. The van der Waals surface area contributed by atoms with E-state index in [1.165, 1.54) is 77.0 Å². The molecule has 1 heterocycles. The summed E-state index contributed by atoms with van der Waals surface area (Å²) in [5, 5.41) is 9.80. The molecule has 0 aromatic carbocycles. The minimum absolute atomic E-state index is 0.139. The van der Waals surface area contributed by atoms with Crippen LogP contribution >= 0.6 is 0 Å². The number of carbonyl (C=O) groups is 1. The molecular weight excluding hydrogens is 348 g/mol. The summed E-state index contributed by atoms with van der Waals surface area (Å²) in [5.74, 6) is 6.48. The standard InChI is InChI=1S/C25H42O3/c1-3-4-5-6-7-8-9-10-11-12-13-14-15-16-17-18-19-20-21-23-24(26)22(2)28-25(23)27/h23,26H,3-9,12-21H2,1-2H3. The first-order valence-electron chi connectivity index (χ1n) is 11.7. The van der Waals surface area contributed by atoms with Crippen LogP contribution in [0.25, 0.3) is 0 Å². The molecule has 0 bridgehead atoms. The number of hydrogen-bond donors (Lipinski definition) is 1. The Balaban J connectivity index is 1.81. The Hall–Kier alpha value is -1.43. The number of unbranched alkanes of at least 4 members (excludes halogenated alkanes) is 14. The molecule has 0 fully saturated rings. The van der Waals surface area contributed by atoms with E-state index in [-0.39, 0.29) is 11.7 Å². The van der Waals surface area contributed by atoms with E-state index in [9.17, 15) is 9.90 Å². The molecule has 1 aliphatic heterocycles. The average molecular weight is 391 g/mol. The molecule has 0 spiro atoms. The minimum Gasteiger partial charge on any atom is -0.508 e. The number of carbonyl (C=O) groups excluding carboxylic acids is 1. The summed E-state index contributed by atoms with van der Waals surface area (Å²) in [6.07, 6.45) is 20.6. The molecular formula is C25H42O3. The summed E-state index contributed by atoms with van der Waals surface area (Å²) < 4.78 is 4.95. The highest BCUT2D eigenvalue weighted by atomic mass is 16.6. The predicted octanol–water partition coefficient (Wildman–Crippen LogP) is 7.60. The highest BCUT2D eigenvalue weighted by molar-refractivity contribution is 5.79. The van der Waals surface area contributed by atoms with Crippen molar-refractivity contribution in [2.45, 2.75) is 123 Å². The Morgan fingerprint density at radius 1 is 0.786 bits per heavy atom. The zero-order chi connectivity index (χ0) is 20.5. The molecule has 1 rings (SSSR count). The quantitative estimate of drug-likeness (QED) is 0.168. The smallest absolute Gasteiger partial charge is 0.321 e. The van der Waals surface area contributed by atoms with Gasteiger partial charge in [0.1, 0.15) is 17.4 Å². The van der Waals surface area contributed by atoms with Gasteiger partial charge in [0.15, 0.2) is 0 Å². The maximum atomic E-state index is 11.6. The molecule has 0 radical (unpaired) electrons. The highest BCUT2D eigenvalue weighted by Gasteiger charge is 2.33. The fourth-order valence-electron chi connectivity index (χ4n) is 3.68. The lowest BCUT2D eigenvalue weighted by atomic mass is 9.99. The Bertz CT molecular complexity index is 510. The first-order chi connectivity index (χ1) is 13.7. The number of allylic oxidation sites excluding steroid dienone is 1. The van der Waals surface area contributed by atoms with Gasteiger partial charge in [0.25, 0.3) is 0 Å². The second kappa shape index (κ2) is 16.5. The van der Waals surface area contributed by atoms with Crippen molar-refractivity contribution in [3.05, 3.63) is 11.5 Å². The van der Waals surface area contributed by atoms with Crippen molar-refractivity contribution in [2.24, 2.45) is 5.92 Å². The van der Waals surface area contributed by atoms with E-state index >= 15 is 0 Å². The number of cyclic esters (lactones) is 1. The number of hydrogen-bond acceptors (Lipinski definition) is 3. The van der Waals surface area contributed by atoms with Gasteiger partial charge in [-0.05, 0) is 26.2 Å². The SMILES string of the molecule is CCCCCCCCC#CCCCCCCCCCCC1C(=O)OC(C)=C1O. The summed E-state index contributed by atoms with van der Waals surface area (Å²) in [6.45, 7) is 3.91. The van der Waals surface area contributed by atoms with Crippen molar-refractivity contribution in [3.8, 4) is 11.8 Å². The number of aliphatic hydroxyl groups is 1. The molecule has 1 unspecified atom stereocenters. The molecule has 0 saturated carbocycles. The normalized spacial score (nSPS) is 16.2. The molecule has 0 amide bonds. The van der Waals surface area contributed by atoms with Crippen molar-refractivity contribution in [1.82, 2.24) is 0 Å². The van der Waals surface area contributed by atoms with Crippen LogP contribution < -0.4 is 0 Å². The zero-order valence-electron chi connectivity index (χ0n) is 18.4. The molecule has 28 heavy (non-hydrogen) atoms. The monoisotopic (exact) mass is 390 g/mol. The van der Waals surface area contributed by atoms with Crippen molar-refractivity contribution in [3.63, 3.8) is 0 Å². The van der Waals surface area contributed by atoms with Gasteiger partial charge >= 0.3 is 5.97 Å². The Morgan fingerprint density at radius 2 is 1.25 bits per heavy atom. The number of rotatable bonds is 16. The van der Waals surface area contributed by atoms with Gasteiger partial charge in [-0.3, -0.25) is 4.79 Å². The number of esters is 1. The van der Waals surface area contributed by atoms with E-state index in [4.69, 9.17) is 4.74 Å². The zero-order valence-corrected chi connectivity index (χ0v) is 18.4. The van der Waals surface area contributed by atoms with Crippen molar-refractivity contribution in [1.29, 1.82) is 0 Å². The van der Waals surface area contributed by atoms with Crippen LogP contribution in [-0.4, -0.2) is 11.1 Å². The van der Waals surface area contributed by atoms with Crippen molar-refractivity contribution in [2.75, 3.05) is 0 Å².